The first kappa shape index (κ1) is 10.8. The summed E-state index contributed by atoms with van der Waals surface area (Å²) in [6.45, 7) is 1.70. The van der Waals surface area contributed by atoms with Crippen LogP contribution in [0.25, 0.3) is 21.9 Å². The van der Waals surface area contributed by atoms with Crippen molar-refractivity contribution in [3.05, 3.63) is 47.0 Å². The third-order valence-electron chi connectivity index (χ3n) is 3.35. The predicted octanol–water partition coefficient (Wildman–Crippen LogP) is 3.51. The maximum atomic E-state index is 5.75. The van der Waals surface area contributed by atoms with E-state index in [1.165, 1.54) is 11.1 Å². The minimum atomic E-state index is 0.818. The third-order valence-corrected chi connectivity index (χ3v) is 4.03. The van der Waals surface area contributed by atoms with E-state index < -0.39 is 0 Å². The van der Waals surface area contributed by atoms with Crippen molar-refractivity contribution in [2.75, 3.05) is 13.1 Å². The number of hydrogen-bond acceptors (Lipinski definition) is 4. The van der Waals surface area contributed by atoms with Crippen LogP contribution in [0.1, 0.15) is 5.76 Å². The Morgan fingerprint density at radius 3 is 3.05 bits per heavy atom. The molecule has 4 rings (SSSR count). The highest BCUT2D eigenvalue weighted by molar-refractivity contribution is 7.08. The van der Waals surface area contributed by atoms with Crippen LogP contribution in [0.15, 0.2) is 50.7 Å². The van der Waals surface area contributed by atoms with Crippen LogP contribution in [-0.2, 0) is 0 Å². The highest BCUT2D eigenvalue weighted by Gasteiger charge is 2.18. The monoisotopic (exact) mass is 268 g/mol. The van der Waals surface area contributed by atoms with Crippen LogP contribution in [0.4, 0.5) is 0 Å². The molecular weight excluding hydrogens is 256 g/mol. The van der Waals surface area contributed by atoms with Gasteiger partial charge in [0.2, 0.25) is 0 Å². The normalized spacial score (nSPS) is 14.6. The Labute approximate surface area is 114 Å². The molecule has 1 N–H and O–H groups in total. The van der Waals surface area contributed by atoms with Gasteiger partial charge in [-0.25, -0.2) is 0 Å². The van der Waals surface area contributed by atoms with Crippen LogP contribution in [0.2, 0.25) is 0 Å². The Balaban J connectivity index is 2.01. The Morgan fingerprint density at radius 2 is 2.26 bits per heavy atom. The van der Waals surface area contributed by atoms with Gasteiger partial charge in [-0.3, -0.25) is 4.99 Å². The molecule has 94 valence electrons. The molecule has 0 unspecified atom stereocenters. The highest BCUT2D eigenvalue weighted by atomic mass is 32.1. The minimum Gasteiger partial charge on any atom is -0.460 e. The summed E-state index contributed by atoms with van der Waals surface area (Å²) in [7, 11) is 0. The molecule has 19 heavy (non-hydrogen) atoms. The molecule has 4 heteroatoms. The second-order valence-electron chi connectivity index (χ2n) is 4.50. The van der Waals surface area contributed by atoms with E-state index >= 15 is 0 Å². The van der Waals surface area contributed by atoms with Gasteiger partial charge >= 0.3 is 0 Å². The van der Waals surface area contributed by atoms with Gasteiger partial charge in [-0.15, -0.1) is 0 Å². The predicted molar refractivity (Wildman–Crippen MR) is 78.9 cm³/mol. The zero-order valence-electron chi connectivity index (χ0n) is 10.2. The lowest BCUT2D eigenvalue weighted by molar-refractivity contribution is 0.560. The third kappa shape index (κ3) is 1.68. The number of nitrogens with one attached hydrogen (secondary N) is 1. The molecule has 1 aliphatic rings. The first-order valence-corrected chi connectivity index (χ1v) is 7.19. The molecule has 0 saturated carbocycles. The first-order chi connectivity index (χ1) is 9.43. The number of hydrogen-bond donors (Lipinski definition) is 1. The molecule has 3 nitrogen and oxygen atoms in total. The topological polar surface area (TPSA) is 37.5 Å². The average Bonchev–Trinajstić information content (AvgIpc) is 3.18. The van der Waals surface area contributed by atoms with E-state index in [1.807, 2.05) is 6.26 Å². The summed E-state index contributed by atoms with van der Waals surface area (Å²) >= 11 is 1.71. The SMILES string of the molecule is c1cc(-c2ccsc2)c2c(C3=NCCN3)occ2c1. The van der Waals surface area contributed by atoms with Gasteiger partial charge in [0, 0.05) is 17.3 Å². The molecule has 0 fully saturated rings. The van der Waals surface area contributed by atoms with Gasteiger partial charge in [0.05, 0.1) is 12.8 Å². The van der Waals surface area contributed by atoms with Crippen LogP contribution < -0.4 is 5.32 Å². The van der Waals surface area contributed by atoms with Crippen LogP contribution in [0.5, 0.6) is 0 Å². The number of fused-ring (bicyclic) bond motifs is 1. The molecule has 2 aromatic heterocycles. The van der Waals surface area contributed by atoms with Gasteiger partial charge < -0.3 is 9.73 Å². The van der Waals surface area contributed by atoms with Crippen molar-refractivity contribution >= 4 is 27.9 Å². The van der Waals surface area contributed by atoms with Crippen LogP contribution in [0, 0.1) is 0 Å². The van der Waals surface area contributed by atoms with Crippen molar-refractivity contribution in [3.63, 3.8) is 0 Å². The smallest absolute Gasteiger partial charge is 0.176 e. The number of rotatable bonds is 2. The van der Waals surface area contributed by atoms with Crippen molar-refractivity contribution < 1.29 is 4.42 Å². The molecule has 0 saturated heterocycles. The molecule has 1 aromatic carbocycles. The van der Waals surface area contributed by atoms with Gasteiger partial charge in [-0.1, -0.05) is 18.2 Å². The maximum Gasteiger partial charge on any atom is 0.176 e. The number of amidine groups is 1. The van der Waals surface area contributed by atoms with Crippen LogP contribution >= 0.6 is 11.3 Å². The van der Waals surface area contributed by atoms with E-state index in [1.54, 1.807) is 11.3 Å². The van der Waals surface area contributed by atoms with Gasteiger partial charge in [0.25, 0.3) is 0 Å². The van der Waals surface area contributed by atoms with E-state index in [0.717, 1.165) is 35.5 Å². The molecule has 0 aliphatic carbocycles. The molecule has 3 heterocycles. The van der Waals surface area contributed by atoms with E-state index in [0.29, 0.717) is 0 Å². The zero-order valence-corrected chi connectivity index (χ0v) is 11.0. The Bertz CT molecular complexity index is 756. The quantitative estimate of drug-likeness (QED) is 0.772. The molecule has 0 spiro atoms. The highest BCUT2D eigenvalue weighted by Crippen LogP contribution is 2.33. The number of thiophene rings is 1. The van der Waals surface area contributed by atoms with Gasteiger partial charge in [0.15, 0.2) is 11.6 Å². The van der Waals surface area contributed by atoms with E-state index in [2.05, 4.69) is 45.3 Å². The van der Waals surface area contributed by atoms with Crippen molar-refractivity contribution in [2.24, 2.45) is 4.99 Å². The molecule has 1 aliphatic heterocycles. The lowest BCUT2D eigenvalue weighted by Crippen LogP contribution is -2.19. The summed E-state index contributed by atoms with van der Waals surface area (Å²) in [6, 6.07) is 8.42. The fourth-order valence-corrected chi connectivity index (χ4v) is 3.14. The largest absolute Gasteiger partial charge is 0.460 e. The van der Waals surface area contributed by atoms with Crippen molar-refractivity contribution in [1.29, 1.82) is 0 Å². The number of nitrogens with zero attached hydrogens (tertiary/aromatic N) is 1. The van der Waals surface area contributed by atoms with E-state index in [4.69, 9.17) is 4.42 Å². The van der Waals surface area contributed by atoms with Crippen LogP contribution in [-0.4, -0.2) is 18.9 Å². The molecule has 0 atom stereocenters. The number of aliphatic imine (C=N–C) groups is 1. The van der Waals surface area contributed by atoms with Crippen LogP contribution in [0.3, 0.4) is 0 Å². The summed E-state index contributed by atoms with van der Waals surface area (Å²) in [5, 5.41) is 9.81. The maximum absolute atomic E-state index is 5.75. The number of benzene rings is 1. The summed E-state index contributed by atoms with van der Waals surface area (Å²) in [5.41, 5.74) is 2.44. The molecule has 0 bridgehead atoms. The summed E-state index contributed by atoms with van der Waals surface area (Å²) in [4.78, 5) is 4.47. The van der Waals surface area contributed by atoms with Crippen molar-refractivity contribution in [3.8, 4) is 11.1 Å². The van der Waals surface area contributed by atoms with E-state index in [-0.39, 0.29) is 0 Å². The van der Waals surface area contributed by atoms with Gasteiger partial charge in [-0.2, -0.15) is 11.3 Å². The molecule has 0 amide bonds. The Hall–Kier alpha value is -2.07. The zero-order chi connectivity index (χ0) is 12.7. The number of furan rings is 1. The molecule has 0 radical (unpaired) electrons. The molecule has 3 aromatic rings. The second kappa shape index (κ2) is 4.24. The molecular formula is C15H12N2OS. The Morgan fingerprint density at radius 1 is 1.26 bits per heavy atom. The van der Waals surface area contributed by atoms with Crippen molar-refractivity contribution in [2.45, 2.75) is 0 Å². The first-order valence-electron chi connectivity index (χ1n) is 6.25. The fraction of sp³-hybridized carbons (Fsp3) is 0.133. The summed E-state index contributed by atoms with van der Waals surface area (Å²) in [6.07, 6.45) is 1.81. The Kier molecular flexibility index (Phi) is 2.42. The minimum absolute atomic E-state index is 0.818. The van der Waals surface area contributed by atoms with E-state index in [9.17, 15) is 0 Å². The summed E-state index contributed by atoms with van der Waals surface area (Å²) in [5.74, 6) is 1.73. The van der Waals surface area contributed by atoms with Gasteiger partial charge in [0.1, 0.15) is 0 Å². The lowest BCUT2D eigenvalue weighted by Gasteiger charge is -2.04. The summed E-state index contributed by atoms with van der Waals surface area (Å²) < 4.78 is 5.75. The average molecular weight is 268 g/mol. The van der Waals surface area contributed by atoms with Gasteiger partial charge in [-0.05, 0) is 28.0 Å². The standard InChI is InChI=1S/C15H12N2OS/c1-2-10-8-18-14(15-16-5-6-17-15)13(10)12(3-1)11-4-7-19-9-11/h1-4,7-9H,5-6H2,(H,16,17). The lowest BCUT2D eigenvalue weighted by atomic mass is 10.0. The van der Waals surface area contributed by atoms with Crippen molar-refractivity contribution in [1.82, 2.24) is 5.32 Å². The fourth-order valence-electron chi connectivity index (χ4n) is 2.49. The second-order valence-corrected chi connectivity index (χ2v) is 5.28.